The van der Waals surface area contributed by atoms with E-state index in [0.717, 1.165) is 5.56 Å². The van der Waals surface area contributed by atoms with Crippen molar-refractivity contribution in [2.45, 2.75) is 38.8 Å². The quantitative estimate of drug-likeness (QED) is 0.686. The molecule has 29 heavy (non-hydrogen) atoms. The molecule has 154 valence electrons. The van der Waals surface area contributed by atoms with Gasteiger partial charge in [-0.05, 0) is 38.5 Å². The number of nitrogens with one attached hydrogen (secondary N) is 1. The van der Waals surface area contributed by atoms with Crippen LogP contribution < -0.4 is 5.32 Å². The molecular formula is C22H24ClNO5. The number of halogens is 1. The maximum atomic E-state index is 12.6. The van der Waals surface area contributed by atoms with Gasteiger partial charge in [-0.2, -0.15) is 0 Å². The summed E-state index contributed by atoms with van der Waals surface area (Å²) < 4.78 is 10.1. The molecule has 0 aliphatic heterocycles. The zero-order valence-corrected chi connectivity index (χ0v) is 17.4. The Bertz CT molecular complexity index is 861. The lowest BCUT2D eigenvalue weighted by atomic mass is 10.0. The summed E-state index contributed by atoms with van der Waals surface area (Å²) >= 11 is 6.09. The van der Waals surface area contributed by atoms with Crippen LogP contribution in [0.2, 0.25) is 5.02 Å². The number of carbonyl (C=O) groups is 3. The number of benzene rings is 2. The average Bonchev–Trinajstić information content (AvgIpc) is 2.65. The highest BCUT2D eigenvalue weighted by Gasteiger charge is 2.23. The molecule has 1 unspecified atom stereocenters. The van der Waals surface area contributed by atoms with Gasteiger partial charge < -0.3 is 14.8 Å². The first-order valence-electron chi connectivity index (χ1n) is 9.13. The first-order valence-corrected chi connectivity index (χ1v) is 9.51. The van der Waals surface area contributed by atoms with E-state index in [4.69, 9.17) is 21.1 Å². The molecule has 0 aromatic heterocycles. The van der Waals surface area contributed by atoms with Crippen LogP contribution in [0, 0.1) is 0 Å². The van der Waals surface area contributed by atoms with E-state index in [0.29, 0.717) is 10.6 Å². The number of ether oxygens (including phenoxy) is 2. The first-order chi connectivity index (χ1) is 13.7. The molecule has 1 N–H and O–H groups in total. The van der Waals surface area contributed by atoms with E-state index >= 15 is 0 Å². The summed E-state index contributed by atoms with van der Waals surface area (Å²) in [6, 6.07) is 15.0. The third-order valence-corrected chi connectivity index (χ3v) is 4.10. The fraction of sp³-hybridized carbons (Fsp3) is 0.318. The summed E-state index contributed by atoms with van der Waals surface area (Å²) in [6.07, 6.45) is -0.150. The van der Waals surface area contributed by atoms with Gasteiger partial charge in [0.15, 0.2) is 6.61 Å². The van der Waals surface area contributed by atoms with Crippen molar-refractivity contribution in [1.82, 2.24) is 5.32 Å². The molecule has 0 saturated carbocycles. The van der Waals surface area contributed by atoms with Crippen LogP contribution in [0.4, 0.5) is 0 Å². The molecule has 2 rings (SSSR count). The van der Waals surface area contributed by atoms with Gasteiger partial charge in [-0.25, -0.2) is 4.79 Å². The van der Waals surface area contributed by atoms with Crippen LogP contribution in [-0.4, -0.2) is 30.1 Å². The minimum atomic E-state index is -0.668. The Hall–Kier alpha value is -2.86. The van der Waals surface area contributed by atoms with E-state index < -0.39 is 36.1 Å². The number of esters is 2. The second kappa shape index (κ2) is 10.1. The van der Waals surface area contributed by atoms with E-state index in [1.54, 1.807) is 69.3 Å². The monoisotopic (exact) mass is 417 g/mol. The molecule has 2 aromatic carbocycles. The average molecular weight is 418 g/mol. The summed E-state index contributed by atoms with van der Waals surface area (Å²) in [5, 5.41) is 3.12. The van der Waals surface area contributed by atoms with Crippen LogP contribution in [0.3, 0.4) is 0 Å². The lowest BCUT2D eigenvalue weighted by Crippen LogP contribution is -2.32. The Kier molecular flexibility index (Phi) is 7.79. The fourth-order valence-corrected chi connectivity index (χ4v) is 2.78. The largest absolute Gasteiger partial charge is 0.457 e. The number of rotatable bonds is 7. The number of amides is 1. The number of hydrogen-bond donors (Lipinski definition) is 1. The van der Waals surface area contributed by atoms with Gasteiger partial charge in [0.25, 0.3) is 5.91 Å². The molecule has 7 heteroatoms. The van der Waals surface area contributed by atoms with Crippen LogP contribution in [0.1, 0.15) is 49.2 Å². The highest BCUT2D eigenvalue weighted by Crippen LogP contribution is 2.21. The molecule has 0 saturated heterocycles. The molecule has 6 nitrogen and oxygen atoms in total. The van der Waals surface area contributed by atoms with Crippen molar-refractivity contribution in [3.63, 3.8) is 0 Å². The summed E-state index contributed by atoms with van der Waals surface area (Å²) in [7, 11) is 0. The van der Waals surface area contributed by atoms with Gasteiger partial charge in [0.1, 0.15) is 5.60 Å². The molecule has 0 heterocycles. The Balaban J connectivity index is 2.05. The molecule has 0 aliphatic carbocycles. The van der Waals surface area contributed by atoms with Crippen molar-refractivity contribution in [3.8, 4) is 0 Å². The lowest BCUT2D eigenvalue weighted by molar-refractivity contribution is -0.166. The summed E-state index contributed by atoms with van der Waals surface area (Å²) in [5.74, 6) is -1.68. The Morgan fingerprint density at radius 2 is 1.59 bits per heavy atom. The Morgan fingerprint density at radius 1 is 0.966 bits per heavy atom. The van der Waals surface area contributed by atoms with Crippen LogP contribution >= 0.6 is 11.6 Å². The highest BCUT2D eigenvalue weighted by atomic mass is 35.5. The van der Waals surface area contributed by atoms with Crippen LogP contribution in [0.25, 0.3) is 0 Å². The molecule has 0 fully saturated rings. The predicted molar refractivity (Wildman–Crippen MR) is 110 cm³/mol. The SMILES string of the molecule is CC(C)(C)OC(=O)COC(=O)CC(NC(=O)c1ccccc1Cl)c1ccccc1. The van der Waals surface area contributed by atoms with E-state index in [9.17, 15) is 14.4 Å². The lowest BCUT2D eigenvalue weighted by Gasteiger charge is -2.20. The second-order valence-electron chi connectivity index (χ2n) is 7.37. The van der Waals surface area contributed by atoms with E-state index in [1.807, 2.05) is 6.07 Å². The highest BCUT2D eigenvalue weighted by molar-refractivity contribution is 6.33. The second-order valence-corrected chi connectivity index (χ2v) is 7.78. The minimum absolute atomic E-state index is 0.150. The van der Waals surface area contributed by atoms with Crippen molar-refractivity contribution in [1.29, 1.82) is 0 Å². The maximum absolute atomic E-state index is 12.6. The zero-order valence-electron chi connectivity index (χ0n) is 16.6. The van der Waals surface area contributed by atoms with Crippen molar-refractivity contribution >= 4 is 29.4 Å². The van der Waals surface area contributed by atoms with Crippen LogP contribution in [0.5, 0.6) is 0 Å². The Labute approximate surface area is 175 Å². The normalized spacial score (nSPS) is 12.0. The smallest absolute Gasteiger partial charge is 0.344 e. The molecule has 0 aliphatic rings. The first kappa shape index (κ1) is 22.4. The molecule has 0 radical (unpaired) electrons. The van der Waals surface area contributed by atoms with Crippen LogP contribution in [-0.2, 0) is 19.1 Å². The van der Waals surface area contributed by atoms with Gasteiger partial charge in [-0.15, -0.1) is 0 Å². The summed E-state index contributed by atoms with van der Waals surface area (Å²) in [5.41, 5.74) is 0.360. The van der Waals surface area contributed by atoms with Crippen molar-refractivity contribution in [2.24, 2.45) is 0 Å². The van der Waals surface area contributed by atoms with Gasteiger partial charge in [0.2, 0.25) is 0 Å². The van der Waals surface area contributed by atoms with Gasteiger partial charge in [0, 0.05) is 0 Å². The van der Waals surface area contributed by atoms with Crippen molar-refractivity contribution in [2.75, 3.05) is 6.61 Å². The van der Waals surface area contributed by atoms with Crippen LogP contribution in [0.15, 0.2) is 54.6 Å². The standard InChI is InChI=1S/C22H24ClNO5/c1-22(2,3)29-20(26)14-28-19(25)13-18(15-9-5-4-6-10-15)24-21(27)16-11-7-8-12-17(16)23/h4-12,18H,13-14H2,1-3H3,(H,24,27). The number of carbonyl (C=O) groups excluding carboxylic acids is 3. The molecule has 1 atom stereocenters. The predicted octanol–water partition coefficient (Wildman–Crippen LogP) is 4.09. The van der Waals surface area contributed by atoms with E-state index in [1.165, 1.54) is 0 Å². The molecule has 1 amide bonds. The van der Waals surface area contributed by atoms with Crippen molar-refractivity contribution < 1.29 is 23.9 Å². The molecule has 2 aromatic rings. The third kappa shape index (κ3) is 7.58. The summed E-state index contributed by atoms with van der Waals surface area (Å²) in [6.45, 7) is 4.68. The maximum Gasteiger partial charge on any atom is 0.344 e. The number of hydrogen-bond acceptors (Lipinski definition) is 5. The van der Waals surface area contributed by atoms with Gasteiger partial charge >= 0.3 is 11.9 Å². The molecular weight excluding hydrogens is 394 g/mol. The third-order valence-electron chi connectivity index (χ3n) is 3.77. The van der Waals surface area contributed by atoms with E-state index in [-0.39, 0.29) is 6.42 Å². The topological polar surface area (TPSA) is 81.7 Å². The van der Waals surface area contributed by atoms with Crippen molar-refractivity contribution in [3.05, 3.63) is 70.7 Å². The minimum Gasteiger partial charge on any atom is -0.457 e. The summed E-state index contributed by atoms with van der Waals surface area (Å²) in [4.78, 5) is 36.6. The molecule has 0 spiro atoms. The zero-order chi connectivity index (χ0) is 21.4. The van der Waals surface area contributed by atoms with E-state index in [2.05, 4.69) is 5.32 Å². The van der Waals surface area contributed by atoms with Gasteiger partial charge in [-0.3, -0.25) is 9.59 Å². The van der Waals surface area contributed by atoms with Gasteiger partial charge in [0.05, 0.1) is 23.0 Å². The van der Waals surface area contributed by atoms with Gasteiger partial charge in [-0.1, -0.05) is 54.1 Å². The fourth-order valence-electron chi connectivity index (χ4n) is 2.55. The molecule has 0 bridgehead atoms. The Morgan fingerprint density at radius 3 is 2.21 bits per heavy atom.